The molecule has 6 aromatic carbocycles. The topological polar surface area (TPSA) is 232 Å². The molecule has 0 bridgehead atoms. The van der Waals surface area contributed by atoms with Gasteiger partial charge in [-0.05, 0) is 127 Å². The number of rotatable bonds is 10. The third-order valence-electron chi connectivity index (χ3n) is 7.93. The van der Waals surface area contributed by atoms with Gasteiger partial charge in [-0.3, -0.25) is 13.9 Å². The van der Waals surface area contributed by atoms with Crippen LogP contribution in [0.3, 0.4) is 0 Å². The number of nitrogens with zero attached hydrogens (tertiary/aromatic N) is 6. The summed E-state index contributed by atoms with van der Waals surface area (Å²) in [5.74, 6) is -0.924. The lowest BCUT2D eigenvalue weighted by Crippen LogP contribution is -2.11. The number of aryl methyl sites for hydroxylation is 2. The van der Waals surface area contributed by atoms with Crippen LogP contribution in [0.25, 0.3) is 10.8 Å². The molecule has 0 aliphatic carbocycles. The van der Waals surface area contributed by atoms with E-state index in [2.05, 4.69) is 36.0 Å². The maximum Gasteiger partial charge on any atom is 0.296 e. The zero-order valence-corrected chi connectivity index (χ0v) is 30.0. The molecule has 0 unspecified atom stereocenters. The minimum atomic E-state index is -4.88. The van der Waals surface area contributed by atoms with Crippen LogP contribution < -0.4 is 5.32 Å². The molecule has 4 N–H and O–H groups in total. The number of carbonyl (C=O) groups is 1. The Morgan fingerprint density at radius 1 is 0.593 bits per heavy atom. The number of hydrogen-bond donors (Lipinski definition) is 4. The Balaban J connectivity index is 1.19. The summed E-state index contributed by atoms with van der Waals surface area (Å²) < 4.78 is 66.4. The molecule has 0 spiro atoms. The molecule has 15 nitrogen and oxygen atoms in total. The van der Waals surface area contributed by atoms with E-state index in [1.165, 1.54) is 42.5 Å². The predicted molar refractivity (Wildman–Crippen MR) is 201 cm³/mol. The van der Waals surface area contributed by atoms with Crippen LogP contribution in [0.2, 0.25) is 0 Å². The Hall–Kier alpha value is -6.53. The molecule has 17 heteroatoms. The molecule has 0 atom stereocenters. The largest absolute Gasteiger partial charge is 0.505 e. The molecule has 0 aromatic heterocycles. The summed E-state index contributed by atoms with van der Waals surface area (Å²) >= 11 is 0. The van der Waals surface area contributed by atoms with Crippen molar-refractivity contribution in [3.8, 4) is 5.75 Å². The van der Waals surface area contributed by atoms with Crippen LogP contribution in [0.4, 0.5) is 39.8 Å². The van der Waals surface area contributed by atoms with Gasteiger partial charge in [0.25, 0.3) is 26.1 Å². The molecule has 54 heavy (non-hydrogen) atoms. The molecule has 6 aromatic rings. The second-order valence-electron chi connectivity index (χ2n) is 11.8. The van der Waals surface area contributed by atoms with Crippen LogP contribution in [0.15, 0.2) is 156 Å². The fourth-order valence-electron chi connectivity index (χ4n) is 5.12. The third kappa shape index (κ3) is 8.73. The minimum absolute atomic E-state index is 0.210. The first-order valence-corrected chi connectivity index (χ1v) is 18.7. The molecule has 0 saturated carbocycles. The molecule has 0 heterocycles. The number of fused-ring (bicyclic) bond motifs is 1. The van der Waals surface area contributed by atoms with E-state index in [-0.39, 0.29) is 21.6 Å². The summed E-state index contributed by atoms with van der Waals surface area (Å²) in [6.45, 7) is 3.50. The molecule has 0 saturated heterocycles. The van der Waals surface area contributed by atoms with E-state index in [0.717, 1.165) is 6.07 Å². The molecule has 1 amide bonds. The molecule has 272 valence electrons. The Bertz CT molecular complexity index is 2720. The molecule has 6 rings (SSSR count). The van der Waals surface area contributed by atoms with Gasteiger partial charge in [-0.1, -0.05) is 18.2 Å². The zero-order valence-electron chi connectivity index (χ0n) is 28.4. The van der Waals surface area contributed by atoms with Gasteiger partial charge in [-0.2, -0.15) is 42.4 Å². The van der Waals surface area contributed by atoms with E-state index in [4.69, 9.17) is 4.55 Å². The lowest BCUT2D eigenvalue weighted by molar-refractivity contribution is 0.102. The van der Waals surface area contributed by atoms with Crippen molar-refractivity contribution >= 4 is 76.7 Å². The van der Waals surface area contributed by atoms with Crippen molar-refractivity contribution in [2.75, 3.05) is 5.32 Å². The van der Waals surface area contributed by atoms with Crippen molar-refractivity contribution < 1.29 is 35.8 Å². The zero-order chi connectivity index (χ0) is 38.6. The van der Waals surface area contributed by atoms with Crippen LogP contribution in [0.5, 0.6) is 5.75 Å². The Kier molecular flexibility index (Phi) is 10.5. The van der Waals surface area contributed by atoms with Crippen LogP contribution in [-0.2, 0) is 20.2 Å². The number of nitrogens with one attached hydrogen (secondary N) is 1. The SMILES string of the molecule is Cc1cc(/N=N/c2c(S(=O)(=O)O)cc3cc(NC(=O)c4ccccc4)ccc3c2O)c(C)cc1/N=N/c1ccc(/N=N/c2ccc(S(=O)(=O)O)cc2)cc1. The quantitative estimate of drug-likeness (QED) is 0.0772. The van der Waals surface area contributed by atoms with E-state index >= 15 is 0 Å². The summed E-state index contributed by atoms with van der Waals surface area (Å²) in [6.07, 6.45) is 0. The summed E-state index contributed by atoms with van der Waals surface area (Å²) in [6, 6.07) is 29.4. The van der Waals surface area contributed by atoms with E-state index in [9.17, 15) is 31.3 Å². The number of aromatic hydroxyl groups is 1. The Labute approximate surface area is 309 Å². The van der Waals surface area contributed by atoms with Gasteiger partial charge in [0.05, 0.1) is 33.3 Å². The average molecular weight is 764 g/mol. The number of azo groups is 3. The van der Waals surface area contributed by atoms with Crippen LogP contribution in [-0.4, -0.2) is 37.0 Å². The first-order chi connectivity index (χ1) is 25.7. The maximum absolute atomic E-state index is 12.6. The number of anilines is 1. The van der Waals surface area contributed by atoms with Gasteiger partial charge in [-0.15, -0.1) is 5.11 Å². The van der Waals surface area contributed by atoms with Gasteiger partial charge < -0.3 is 10.4 Å². The van der Waals surface area contributed by atoms with Crippen molar-refractivity contribution in [3.05, 3.63) is 132 Å². The van der Waals surface area contributed by atoms with Crippen molar-refractivity contribution in [1.82, 2.24) is 0 Å². The first kappa shape index (κ1) is 37.2. The monoisotopic (exact) mass is 763 g/mol. The van der Waals surface area contributed by atoms with Crippen molar-refractivity contribution in [2.45, 2.75) is 23.6 Å². The third-order valence-corrected chi connectivity index (χ3v) is 9.67. The first-order valence-electron chi connectivity index (χ1n) is 15.8. The number of amides is 1. The molecular formula is C37H29N7O8S2. The van der Waals surface area contributed by atoms with Gasteiger partial charge in [-0.25, -0.2) is 0 Å². The highest BCUT2D eigenvalue weighted by molar-refractivity contribution is 7.86. The van der Waals surface area contributed by atoms with Gasteiger partial charge in [0.1, 0.15) is 10.6 Å². The minimum Gasteiger partial charge on any atom is -0.505 e. The van der Waals surface area contributed by atoms with Gasteiger partial charge in [0.2, 0.25) is 0 Å². The maximum atomic E-state index is 12.6. The summed E-state index contributed by atoms with van der Waals surface area (Å²) in [4.78, 5) is 11.7. The van der Waals surface area contributed by atoms with Crippen molar-refractivity contribution in [2.24, 2.45) is 30.7 Å². The smallest absolute Gasteiger partial charge is 0.296 e. The van der Waals surface area contributed by atoms with Crippen LogP contribution in [0, 0.1) is 13.8 Å². The number of hydrogen-bond acceptors (Lipinski definition) is 12. The van der Waals surface area contributed by atoms with E-state index in [0.29, 0.717) is 50.8 Å². The number of benzene rings is 6. The molecule has 0 aliphatic heterocycles. The fraction of sp³-hybridized carbons (Fsp3) is 0.0541. The highest BCUT2D eigenvalue weighted by Crippen LogP contribution is 2.42. The van der Waals surface area contributed by atoms with Crippen LogP contribution in [0.1, 0.15) is 21.5 Å². The summed E-state index contributed by atoms with van der Waals surface area (Å²) in [5, 5.41) is 39.3. The lowest BCUT2D eigenvalue weighted by atomic mass is 10.1. The van der Waals surface area contributed by atoms with Crippen molar-refractivity contribution in [1.29, 1.82) is 0 Å². The van der Waals surface area contributed by atoms with E-state index < -0.39 is 36.6 Å². The second-order valence-corrected chi connectivity index (χ2v) is 14.6. The molecular weight excluding hydrogens is 735 g/mol. The number of phenolic OH excluding ortho intramolecular Hbond substituents is 1. The fourth-order valence-corrected chi connectivity index (χ4v) is 6.26. The Morgan fingerprint density at radius 2 is 1.11 bits per heavy atom. The Morgan fingerprint density at radius 3 is 1.65 bits per heavy atom. The highest BCUT2D eigenvalue weighted by Gasteiger charge is 2.22. The van der Waals surface area contributed by atoms with E-state index in [1.807, 2.05) is 0 Å². The normalized spacial score (nSPS) is 12.3. The standard InChI is InChI=1S/C37H29N7O8S2/c1-22-19-33(23(2)18-32(22)42-41-27-10-8-26(9-11-27)39-40-28-12-15-30(16-13-28)53(47,48)49)43-44-35-34(54(50,51)52)21-25-20-29(14-17-31(25)36(35)45)38-37(46)24-6-4-3-5-7-24/h3-21,45H,1-2H3,(H,38,46)(H,47,48,49)(H,50,51,52)/b40-39+,42-41+,44-43+. The number of carbonyl (C=O) groups excluding carboxylic acids is 1. The average Bonchev–Trinajstić information content (AvgIpc) is 3.14. The predicted octanol–water partition coefficient (Wildman–Crippen LogP) is 10.2. The van der Waals surface area contributed by atoms with E-state index in [1.54, 1.807) is 80.6 Å². The van der Waals surface area contributed by atoms with Gasteiger partial charge in [0, 0.05) is 16.6 Å². The van der Waals surface area contributed by atoms with Crippen molar-refractivity contribution in [3.63, 3.8) is 0 Å². The molecule has 0 radical (unpaired) electrons. The highest BCUT2D eigenvalue weighted by atomic mass is 32.2. The van der Waals surface area contributed by atoms with Crippen LogP contribution >= 0.6 is 0 Å². The van der Waals surface area contributed by atoms with Gasteiger partial charge in [0.15, 0.2) is 5.75 Å². The lowest BCUT2D eigenvalue weighted by Gasteiger charge is -2.11. The molecule has 0 aliphatic rings. The van der Waals surface area contributed by atoms with Gasteiger partial charge >= 0.3 is 0 Å². The summed E-state index contributed by atoms with van der Waals surface area (Å²) in [5.41, 5.74) is 3.80. The summed E-state index contributed by atoms with van der Waals surface area (Å²) in [7, 11) is -9.18. The molecule has 0 fully saturated rings. The second kappa shape index (κ2) is 15.2. The number of phenols is 1.